The minimum absolute atomic E-state index is 0.000119. The van der Waals surface area contributed by atoms with Gasteiger partial charge in [-0.3, -0.25) is 4.79 Å². The van der Waals surface area contributed by atoms with Crippen molar-refractivity contribution in [3.05, 3.63) is 35.5 Å². The number of amides is 1. The molecule has 0 radical (unpaired) electrons. The normalized spacial score (nSPS) is 16.5. The van der Waals surface area contributed by atoms with Gasteiger partial charge in [0.1, 0.15) is 28.5 Å². The number of nitrogens with one attached hydrogen (secondary N) is 1. The maximum absolute atomic E-state index is 13.0. The third-order valence-corrected chi connectivity index (χ3v) is 6.61. The molecular weight excluding hydrogens is 400 g/mol. The van der Waals surface area contributed by atoms with Gasteiger partial charge in [0.15, 0.2) is 0 Å². The van der Waals surface area contributed by atoms with Gasteiger partial charge in [-0.15, -0.1) is 11.3 Å². The van der Waals surface area contributed by atoms with E-state index in [0.29, 0.717) is 23.7 Å². The van der Waals surface area contributed by atoms with Gasteiger partial charge in [-0.25, -0.2) is 9.97 Å². The van der Waals surface area contributed by atoms with E-state index >= 15 is 0 Å². The molecule has 1 aliphatic rings. The summed E-state index contributed by atoms with van der Waals surface area (Å²) in [6, 6.07) is 7.56. The fourth-order valence-corrected chi connectivity index (χ4v) is 4.76. The first-order valence-electron chi connectivity index (χ1n) is 10.1. The molecular formula is C22H26N4O3S. The van der Waals surface area contributed by atoms with Crippen LogP contribution in [0, 0.1) is 5.92 Å². The number of benzene rings is 1. The van der Waals surface area contributed by atoms with Crippen LogP contribution < -0.4 is 19.7 Å². The molecule has 3 heterocycles. The van der Waals surface area contributed by atoms with Crippen LogP contribution in [0.15, 0.2) is 30.6 Å². The Morgan fingerprint density at radius 3 is 2.67 bits per heavy atom. The number of nitrogens with zero attached hydrogens (tertiary/aromatic N) is 3. The molecule has 7 nitrogen and oxygen atoms in total. The van der Waals surface area contributed by atoms with Crippen molar-refractivity contribution < 1.29 is 14.3 Å². The van der Waals surface area contributed by atoms with Gasteiger partial charge in [-0.1, -0.05) is 6.92 Å². The van der Waals surface area contributed by atoms with E-state index in [0.717, 1.165) is 41.8 Å². The monoisotopic (exact) mass is 426 g/mol. The number of hydrogen-bond acceptors (Lipinski definition) is 7. The first kappa shape index (κ1) is 20.4. The largest absolute Gasteiger partial charge is 0.497 e. The number of fused-ring (bicyclic) bond motifs is 1. The fraction of sp³-hybridized carbons (Fsp3) is 0.409. The number of carbonyl (C=O) groups excluding carboxylic acids is 1. The van der Waals surface area contributed by atoms with E-state index in [1.807, 2.05) is 0 Å². The van der Waals surface area contributed by atoms with Crippen molar-refractivity contribution in [1.29, 1.82) is 0 Å². The number of carbonyl (C=O) groups is 1. The Kier molecular flexibility index (Phi) is 6.03. The van der Waals surface area contributed by atoms with Crippen LogP contribution in [0.4, 0.5) is 11.5 Å². The average molecular weight is 427 g/mol. The second-order valence-electron chi connectivity index (χ2n) is 7.36. The SMILES string of the molecule is CCc1cc2c(N3CCC[C@@H](C(=O)Nc4cc(OC)cc(OC)c4)C3)ncnc2s1. The minimum atomic E-state index is -0.120. The second kappa shape index (κ2) is 8.87. The lowest BCUT2D eigenvalue weighted by Gasteiger charge is -2.33. The number of anilines is 2. The smallest absolute Gasteiger partial charge is 0.229 e. The Morgan fingerprint density at radius 2 is 1.97 bits per heavy atom. The number of thiophene rings is 1. The molecule has 1 aliphatic heterocycles. The average Bonchev–Trinajstić information content (AvgIpc) is 3.22. The molecule has 158 valence electrons. The molecule has 1 amide bonds. The zero-order chi connectivity index (χ0) is 21.1. The van der Waals surface area contributed by atoms with Crippen LogP contribution in [0.2, 0.25) is 0 Å². The predicted molar refractivity (Wildman–Crippen MR) is 120 cm³/mol. The molecule has 0 unspecified atom stereocenters. The van der Waals surface area contributed by atoms with Crippen LogP contribution in [-0.4, -0.2) is 43.2 Å². The Morgan fingerprint density at radius 1 is 1.20 bits per heavy atom. The molecule has 30 heavy (non-hydrogen) atoms. The van der Waals surface area contributed by atoms with E-state index in [4.69, 9.17) is 9.47 Å². The molecule has 1 aromatic carbocycles. The molecule has 1 fully saturated rings. The number of piperidine rings is 1. The minimum Gasteiger partial charge on any atom is -0.497 e. The first-order valence-corrected chi connectivity index (χ1v) is 10.9. The second-order valence-corrected chi connectivity index (χ2v) is 8.47. The molecule has 3 aromatic rings. The number of aryl methyl sites for hydroxylation is 1. The summed E-state index contributed by atoms with van der Waals surface area (Å²) in [5.74, 6) is 2.09. The van der Waals surface area contributed by atoms with Gasteiger partial charge >= 0.3 is 0 Å². The van der Waals surface area contributed by atoms with Gasteiger partial charge in [0.2, 0.25) is 5.91 Å². The number of ether oxygens (including phenoxy) is 2. The van der Waals surface area contributed by atoms with Gasteiger partial charge in [-0.05, 0) is 25.3 Å². The van der Waals surface area contributed by atoms with Crippen molar-refractivity contribution in [2.45, 2.75) is 26.2 Å². The van der Waals surface area contributed by atoms with Crippen molar-refractivity contribution in [2.75, 3.05) is 37.5 Å². The maximum Gasteiger partial charge on any atom is 0.229 e. The van der Waals surface area contributed by atoms with E-state index in [2.05, 4.69) is 33.2 Å². The maximum atomic E-state index is 13.0. The predicted octanol–water partition coefficient (Wildman–Crippen LogP) is 4.13. The summed E-state index contributed by atoms with van der Waals surface area (Å²) in [7, 11) is 3.19. The molecule has 0 spiro atoms. The van der Waals surface area contributed by atoms with Crippen molar-refractivity contribution in [1.82, 2.24) is 9.97 Å². The zero-order valence-corrected chi connectivity index (χ0v) is 18.3. The number of aromatic nitrogens is 2. The highest BCUT2D eigenvalue weighted by atomic mass is 32.1. The van der Waals surface area contributed by atoms with E-state index in [-0.39, 0.29) is 11.8 Å². The topological polar surface area (TPSA) is 76.6 Å². The van der Waals surface area contributed by atoms with E-state index < -0.39 is 0 Å². The molecule has 8 heteroatoms. The van der Waals surface area contributed by atoms with Gasteiger partial charge in [0, 0.05) is 41.9 Å². The Hall–Kier alpha value is -2.87. The highest BCUT2D eigenvalue weighted by Gasteiger charge is 2.28. The van der Waals surface area contributed by atoms with Crippen LogP contribution >= 0.6 is 11.3 Å². The third kappa shape index (κ3) is 4.18. The highest BCUT2D eigenvalue weighted by molar-refractivity contribution is 7.18. The molecule has 0 bridgehead atoms. The van der Waals surface area contributed by atoms with E-state index in [1.54, 1.807) is 50.1 Å². The molecule has 0 aliphatic carbocycles. The van der Waals surface area contributed by atoms with Crippen molar-refractivity contribution >= 4 is 39.0 Å². The molecule has 1 N–H and O–H groups in total. The van der Waals surface area contributed by atoms with Gasteiger partial charge in [0.25, 0.3) is 0 Å². The summed E-state index contributed by atoms with van der Waals surface area (Å²) in [5.41, 5.74) is 0.670. The lowest BCUT2D eigenvalue weighted by molar-refractivity contribution is -0.120. The van der Waals surface area contributed by atoms with E-state index in [9.17, 15) is 4.79 Å². The lowest BCUT2D eigenvalue weighted by Crippen LogP contribution is -2.41. The summed E-state index contributed by atoms with van der Waals surface area (Å²) in [4.78, 5) is 26.5. The highest BCUT2D eigenvalue weighted by Crippen LogP contribution is 2.33. The zero-order valence-electron chi connectivity index (χ0n) is 17.5. The summed E-state index contributed by atoms with van der Waals surface area (Å²) < 4.78 is 10.6. The van der Waals surface area contributed by atoms with Crippen molar-refractivity contribution in [3.63, 3.8) is 0 Å². The van der Waals surface area contributed by atoms with Gasteiger partial charge in [0.05, 0.1) is 25.5 Å². The van der Waals surface area contributed by atoms with Crippen molar-refractivity contribution in [2.24, 2.45) is 5.92 Å². The lowest BCUT2D eigenvalue weighted by atomic mass is 9.96. The fourth-order valence-electron chi connectivity index (χ4n) is 3.83. The quantitative estimate of drug-likeness (QED) is 0.639. The summed E-state index contributed by atoms with van der Waals surface area (Å²) in [6.45, 7) is 3.67. The summed E-state index contributed by atoms with van der Waals surface area (Å²) in [6.07, 6.45) is 4.40. The standard InChI is InChI=1S/C22H26N4O3S/c1-4-18-11-19-20(23-13-24-22(19)30-18)26-7-5-6-14(12-26)21(27)25-15-8-16(28-2)10-17(9-15)29-3/h8-11,13-14H,4-7,12H2,1-3H3,(H,25,27)/t14-/m1/s1. The molecule has 4 rings (SSSR count). The van der Waals surface area contributed by atoms with Crippen molar-refractivity contribution in [3.8, 4) is 11.5 Å². The van der Waals surface area contributed by atoms with E-state index in [1.165, 1.54) is 4.88 Å². The Balaban J connectivity index is 1.52. The van der Waals surface area contributed by atoms with Crippen LogP contribution in [0.3, 0.4) is 0 Å². The summed E-state index contributed by atoms with van der Waals surface area (Å²) >= 11 is 1.71. The van der Waals surface area contributed by atoms with Crippen LogP contribution in [-0.2, 0) is 11.2 Å². The van der Waals surface area contributed by atoms with Gasteiger partial charge < -0.3 is 19.7 Å². The molecule has 1 saturated heterocycles. The van der Waals surface area contributed by atoms with Crippen LogP contribution in [0.25, 0.3) is 10.2 Å². The van der Waals surface area contributed by atoms with Crippen LogP contribution in [0.5, 0.6) is 11.5 Å². The molecule has 1 atom stereocenters. The van der Waals surface area contributed by atoms with Crippen LogP contribution in [0.1, 0.15) is 24.6 Å². The number of rotatable bonds is 6. The molecule has 2 aromatic heterocycles. The number of hydrogen-bond donors (Lipinski definition) is 1. The summed E-state index contributed by atoms with van der Waals surface area (Å²) in [5, 5.41) is 4.11. The first-order chi connectivity index (χ1) is 14.6. The van der Waals surface area contributed by atoms with Gasteiger partial charge in [-0.2, -0.15) is 0 Å². The Labute approximate surface area is 180 Å². The molecule has 0 saturated carbocycles. The third-order valence-electron chi connectivity index (χ3n) is 5.42. The number of methoxy groups -OCH3 is 2. The Bertz CT molecular complexity index is 1030.